The summed E-state index contributed by atoms with van der Waals surface area (Å²) in [6.07, 6.45) is 9.58. The molecule has 0 bridgehead atoms. The summed E-state index contributed by atoms with van der Waals surface area (Å²) in [6.45, 7) is 4.77. The van der Waals surface area contributed by atoms with Crippen LogP contribution in [0.2, 0.25) is 5.02 Å². The van der Waals surface area contributed by atoms with Gasteiger partial charge in [0, 0.05) is 29.7 Å². The maximum atomic E-state index is 6.17. The Balaban J connectivity index is 1.21. The Kier molecular flexibility index (Phi) is 5.59. The number of hydrogen-bond acceptors (Lipinski definition) is 5. The van der Waals surface area contributed by atoms with Crippen LogP contribution in [-0.2, 0) is 0 Å². The molecule has 30 heavy (non-hydrogen) atoms. The van der Waals surface area contributed by atoms with Crippen molar-refractivity contribution < 1.29 is 4.74 Å². The highest BCUT2D eigenvalue weighted by atomic mass is 35.5. The molecule has 1 aliphatic carbocycles. The molecular formula is C24H31ClN4O. The average molecular weight is 427 g/mol. The van der Waals surface area contributed by atoms with Crippen molar-refractivity contribution in [3.05, 3.63) is 35.4 Å². The van der Waals surface area contributed by atoms with Crippen molar-refractivity contribution in [2.75, 3.05) is 38.2 Å². The lowest BCUT2D eigenvalue weighted by Crippen LogP contribution is -2.51. The summed E-state index contributed by atoms with van der Waals surface area (Å²) in [5.74, 6) is 1.73. The number of hydrogen-bond donors (Lipinski definition) is 0. The van der Waals surface area contributed by atoms with E-state index < -0.39 is 0 Å². The SMILES string of the molecule is COc1ccc(Cl)cc1-c1ccc(N2CCC3(CC2)CCN(C2CCC2)CC3)nn1. The molecule has 3 fully saturated rings. The van der Waals surface area contributed by atoms with Crippen molar-refractivity contribution in [1.29, 1.82) is 0 Å². The van der Waals surface area contributed by atoms with Gasteiger partial charge in [0.05, 0.1) is 12.8 Å². The molecule has 1 saturated carbocycles. The van der Waals surface area contributed by atoms with Crippen LogP contribution in [0.1, 0.15) is 44.9 Å². The molecule has 3 aliphatic rings. The van der Waals surface area contributed by atoms with E-state index in [0.29, 0.717) is 10.4 Å². The highest BCUT2D eigenvalue weighted by Crippen LogP contribution is 2.43. The van der Waals surface area contributed by atoms with Gasteiger partial charge in [-0.2, -0.15) is 0 Å². The topological polar surface area (TPSA) is 41.5 Å². The maximum Gasteiger partial charge on any atom is 0.151 e. The fraction of sp³-hybridized carbons (Fsp3) is 0.583. The lowest BCUT2D eigenvalue weighted by atomic mass is 9.70. The zero-order chi connectivity index (χ0) is 20.6. The van der Waals surface area contributed by atoms with E-state index in [4.69, 9.17) is 16.3 Å². The second-order valence-corrected chi connectivity index (χ2v) is 9.67. The smallest absolute Gasteiger partial charge is 0.151 e. The third kappa shape index (κ3) is 3.90. The molecule has 5 rings (SSSR count). The normalized spacial score (nSPS) is 22.1. The van der Waals surface area contributed by atoms with E-state index in [-0.39, 0.29) is 0 Å². The Labute approximate surface area is 184 Å². The zero-order valence-electron chi connectivity index (χ0n) is 17.8. The first-order valence-electron chi connectivity index (χ1n) is 11.3. The van der Waals surface area contributed by atoms with Crippen molar-refractivity contribution in [2.45, 2.75) is 51.0 Å². The molecule has 0 amide bonds. The molecule has 5 nitrogen and oxygen atoms in total. The molecule has 160 valence electrons. The van der Waals surface area contributed by atoms with Crippen LogP contribution in [-0.4, -0.2) is 54.4 Å². The van der Waals surface area contributed by atoms with Gasteiger partial charge in [0.1, 0.15) is 5.75 Å². The van der Waals surface area contributed by atoms with Crippen LogP contribution in [0, 0.1) is 5.41 Å². The van der Waals surface area contributed by atoms with E-state index in [1.807, 2.05) is 24.3 Å². The van der Waals surface area contributed by atoms with Gasteiger partial charge in [-0.25, -0.2) is 0 Å². The van der Waals surface area contributed by atoms with Gasteiger partial charge in [-0.1, -0.05) is 18.0 Å². The number of methoxy groups -OCH3 is 1. The summed E-state index contributed by atoms with van der Waals surface area (Å²) in [5.41, 5.74) is 2.22. The average Bonchev–Trinajstić information content (AvgIpc) is 2.75. The first kappa shape index (κ1) is 20.1. The Hall–Kier alpha value is -1.85. The van der Waals surface area contributed by atoms with Crippen LogP contribution in [0.15, 0.2) is 30.3 Å². The number of likely N-dealkylation sites (tertiary alicyclic amines) is 1. The van der Waals surface area contributed by atoms with Gasteiger partial charge in [-0.05, 0) is 87.4 Å². The first-order valence-corrected chi connectivity index (χ1v) is 11.7. The van der Waals surface area contributed by atoms with Crippen molar-refractivity contribution in [3.8, 4) is 17.0 Å². The largest absolute Gasteiger partial charge is 0.496 e. The molecule has 2 saturated heterocycles. The summed E-state index contributed by atoms with van der Waals surface area (Å²) < 4.78 is 5.46. The second kappa shape index (κ2) is 8.35. The molecule has 0 radical (unpaired) electrons. The molecule has 2 aromatic rings. The van der Waals surface area contributed by atoms with E-state index in [0.717, 1.165) is 42.0 Å². The van der Waals surface area contributed by atoms with Crippen molar-refractivity contribution in [1.82, 2.24) is 15.1 Å². The van der Waals surface area contributed by atoms with E-state index in [2.05, 4.69) is 26.1 Å². The molecule has 3 heterocycles. The van der Waals surface area contributed by atoms with Crippen LogP contribution >= 0.6 is 11.6 Å². The number of benzene rings is 1. The summed E-state index contributed by atoms with van der Waals surface area (Å²) in [6, 6.07) is 10.6. The molecule has 1 aromatic heterocycles. The molecule has 0 unspecified atom stereocenters. The number of anilines is 1. The van der Waals surface area contributed by atoms with Crippen molar-refractivity contribution >= 4 is 17.4 Å². The molecule has 1 aromatic carbocycles. The molecule has 1 spiro atoms. The van der Waals surface area contributed by atoms with Gasteiger partial charge in [0.2, 0.25) is 0 Å². The standard InChI is InChI=1S/C24H31ClN4O/c1-30-22-7-5-18(25)17-20(22)21-6-8-23(27-26-21)29-15-11-24(12-16-29)9-13-28(14-10-24)19-3-2-4-19/h5-8,17,19H,2-4,9-16H2,1H3. The van der Waals surface area contributed by atoms with Crippen LogP contribution in [0.4, 0.5) is 5.82 Å². The minimum Gasteiger partial charge on any atom is -0.496 e. The molecular weight excluding hydrogens is 396 g/mol. The number of piperidine rings is 2. The van der Waals surface area contributed by atoms with Gasteiger partial charge in [0.15, 0.2) is 5.82 Å². The minimum absolute atomic E-state index is 0.554. The summed E-state index contributed by atoms with van der Waals surface area (Å²) in [4.78, 5) is 5.16. The fourth-order valence-electron chi connectivity index (χ4n) is 5.34. The molecule has 6 heteroatoms. The van der Waals surface area contributed by atoms with E-state index in [1.165, 1.54) is 58.0 Å². The lowest BCUT2D eigenvalue weighted by Gasteiger charge is -2.50. The van der Waals surface area contributed by atoms with E-state index in [1.54, 1.807) is 7.11 Å². The van der Waals surface area contributed by atoms with Crippen LogP contribution in [0.3, 0.4) is 0 Å². The van der Waals surface area contributed by atoms with Crippen LogP contribution in [0.25, 0.3) is 11.3 Å². The van der Waals surface area contributed by atoms with Crippen LogP contribution in [0.5, 0.6) is 5.75 Å². The third-order valence-corrected chi connectivity index (χ3v) is 7.92. The van der Waals surface area contributed by atoms with Gasteiger partial charge >= 0.3 is 0 Å². The first-order chi connectivity index (χ1) is 14.7. The quantitative estimate of drug-likeness (QED) is 0.685. The van der Waals surface area contributed by atoms with Gasteiger partial charge in [0.25, 0.3) is 0 Å². The monoisotopic (exact) mass is 426 g/mol. The third-order valence-electron chi connectivity index (χ3n) is 7.69. The van der Waals surface area contributed by atoms with Crippen molar-refractivity contribution in [3.63, 3.8) is 0 Å². The van der Waals surface area contributed by atoms with E-state index in [9.17, 15) is 0 Å². The Morgan fingerprint density at radius 1 is 0.967 bits per heavy atom. The Morgan fingerprint density at radius 2 is 1.70 bits per heavy atom. The van der Waals surface area contributed by atoms with Crippen LogP contribution < -0.4 is 9.64 Å². The van der Waals surface area contributed by atoms with Gasteiger partial charge in [-0.3, -0.25) is 0 Å². The molecule has 0 N–H and O–H groups in total. The minimum atomic E-state index is 0.554. The predicted octanol–water partition coefficient (Wildman–Crippen LogP) is 5.04. The fourth-order valence-corrected chi connectivity index (χ4v) is 5.52. The number of rotatable bonds is 4. The Morgan fingerprint density at radius 3 is 2.30 bits per heavy atom. The summed E-state index contributed by atoms with van der Waals surface area (Å²) in [7, 11) is 1.66. The highest BCUT2D eigenvalue weighted by Gasteiger charge is 2.39. The zero-order valence-corrected chi connectivity index (χ0v) is 18.6. The highest BCUT2D eigenvalue weighted by molar-refractivity contribution is 6.30. The van der Waals surface area contributed by atoms with Crippen molar-refractivity contribution in [2.24, 2.45) is 5.41 Å². The summed E-state index contributed by atoms with van der Waals surface area (Å²) in [5, 5.41) is 9.69. The molecule has 0 atom stereocenters. The van der Waals surface area contributed by atoms with Gasteiger partial charge < -0.3 is 14.5 Å². The summed E-state index contributed by atoms with van der Waals surface area (Å²) >= 11 is 6.17. The van der Waals surface area contributed by atoms with Gasteiger partial charge in [-0.15, -0.1) is 10.2 Å². The second-order valence-electron chi connectivity index (χ2n) is 9.23. The van der Waals surface area contributed by atoms with E-state index >= 15 is 0 Å². The Bertz CT molecular complexity index is 865. The maximum absolute atomic E-state index is 6.17. The number of nitrogens with zero attached hydrogens (tertiary/aromatic N) is 4. The number of aromatic nitrogens is 2. The predicted molar refractivity (Wildman–Crippen MR) is 121 cm³/mol. The molecule has 2 aliphatic heterocycles. The number of ether oxygens (including phenoxy) is 1. The lowest BCUT2D eigenvalue weighted by molar-refractivity contribution is 0.0305. The number of halogens is 1.